The number of ketones is 2. The van der Waals surface area contributed by atoms with E-state index in [1.165, 1.54) is 18.2 Å². The van der Waals surface area contributed by atoms with Crippen LogP contribution in [0, 0.1) is 6.92 Å². The smallest absolute Gasteiger partial charge is 0.335 e. The standard InChI is InChI=1S/C28H17NO5/c1-15-6-11-25(34-15)29-23-5-3-2-4-18(23)20-12-16(7-10-24(20)29)13-22-26(30)19-9-8-17(28(32)33)14-21(19)27(22)31/h2-14H,1H3,(H,32,33)/b22-13+. The van der Waals surface area contributed by atoms with Crippen LogP contribution in [0.4, 0.5) is 0 Å². The first kappa shape index (κ1) is 19.9. The van der Waals surface area contributed by atoms with Gasteiger partial charge in [0.2, 0.25) is 5.88 Å². The van der Waals surface area contributed by atoms with Gasteiger partial charge in [-0.3, -0.25) is 14.2 Å². The van der Waals surface area contributed by atoms with Crippen LogP contribution in [0.25, 0.3) is 33.8 Å². The first-order valence-corrected chi connectivity index (χ1v) is 10.7. The number of hydrogen-bond acceptors (Lipinski definition) is 4. The maximum absolute atomic E-state index is 13.0. The molecule has 0 spiro atoms. The number of nitrogens with zero attached hydrogens (tertiary/aromatic N) is 1. The average Bonchev–Trinajstić information content (AvgIpc) is 3.47. The molecule has 0 saturated heterocycles. The van der Waals surface area contributed by atoms with Gasteiger partial charge in [-0.05, 0) is 61.0 Å². The molecule has 3 aromatic carbocycles. The lowest BCUT2D eigenvalue weighted by Crippen LogP contribution is -2.01. The number of aromatic carboxylic acids is 1. The summed E-state index contributed by atoms with van der Waals surface area (Å²) >= 11 is 0. The van der Waals surface area contributed by atoms with Crippen molar-refractivity contribution in [1.82, 2.24) is 4.57 Å². The highest BCUT2D eigenvalue weighted by Gasteiger charge is 2.33. The van der Waals surface area contributed by atoms with Crippen molar-refractivity contribution in [3.05, 3.63) is 106 Å². The van der Waals surface area contributed by atoms with Crippen LogP contribution < -0.4 is 0 Å². The van der Waals surface area contributed by atoms with Gasteiger partial charge in [-0.2, -0.15) is 0 Å². The van der Waals surface area contributed by atoms with Crippen LogP contribution in [0.5, 0.6) is 0 Å². The van der Waals surface area contributed by atoms with Crippen LogP contribution >= 0.6 is 0 Å². The SMILES string of the molecule is Cc1ccc(-n2c3ccccc3c3cc(/C=C4\C(=O)c5ccc(C(=O)O)cc5C4=O)ccc32)o1. The number of carbonyl (C=O) groups is 3. The Balaban J connectivity index is 1.50. The molecule has 0 aliphatic heterocycles. The monoisotopic (exact) mass is 447 g/mol. The van der Waals surface area contributed by atoms with E-state index in [2.05, 4.69) is 0 Å². The topological polar surface area (TPSA) is 89.5 Å². The van der Waals surface area contributed by atoms with Gasteiger partial charge in [0.25, 0.3) is 0 Å². The van der Waals surface area contributed by atoms with Gasteiger partial charge in [0.05, 0.1) is 22.2 Å². The van der Waals surface area contributed by atoms with Crippen molar-refractivity contribution < 1.29 is 23.9 Å². The molecule has 0 bridgehead atoms. The predicted octanol–water partition coefficient (Wildman–Crippen LogP) is 5.85. The third-order valence-electron chi connectivity index (χ3n) is 6.20. The summed E-state index contributed by atoms with van der Waals surface area (Å²) in [4.78, 5) is 37.1. The third kappa shape index (κ3) is 2.85. The summed E-state index contributed by atoms with van der Waals surface area (Å²) in [5, 5.41) is 11.2. The maximum atomic E-state index is 13.0. The Morgan fingerprint density at radius 3 is 2.38 bits per heavy atom. The lowest BCUT2D eigenvalue weighted by molar-refractivity contribution is 0.0696. The number of carboxylic acid groups (broad SMARTS) is 1. The van der Waals surface area contributed by atoms with Gasteiger partial charge in [0.1, 0.15) is 5.76 Å². The van der Waals surface area contributed by atoms with Gasteiger partial charge in [-0.15, -0.1) is 0 Å². The number of aryl methyl sites for hydroxylation is 1. The number of para-hydroxylation sites is 1. The number of carboxylic acids is 1. The highest BCUT2D eigenvalue weighted by Crippen LogP contribution is 2.34. The van der Waals surface area contributed by atoms with Crippen molar-refractivity contribution >= 4 is 45.4 Å². The van der Waals surface area contributed by atoms with Crippen LogP contribution in [-0.4, -0.2) is 27.2 Å². The molecule has 2 heterocycles. The number of rotatable bonds is 3. The summed E-state index contributed by atoms with van der Waals surface area (Å²) in [5.74, 6) is -0.483. The van der Waals surface area contributed by atoms with E-state index in [9.17, 15) is 19.5 Å². The van der Waals surface area contributed by atoms with E-state index >= 15 is 0 Å². The minimum atomic E-state index is -1.14. The Kier molecular flexibility index (Phi) is 4.19. The summed E-state index contributed by atoms with van der Waals surface area (Å²) in [6.07, 6.45) is 1.58. The Morgan fingerprint density at radius 1 is 0.853 bits per heavy atom. The van der Waals surface area contributed by atoms with Gasteiger partial charge < -0.3 is 9.52 Å². The zero-order chi connectivity index (χ0) is 23.6. The zero-order valence-corrected chi connectivity index (χ0v) is 18.0. The van der Waals surface area contributed by atoms with E-state index in [0.717, 1.165) is 27.6 Å². The summed E-state index contributed by atoms with van der Waals surface area (Å²) in [5.41, 5.74) is 2.99. The Morgan fingerprint density at radius 2 is 1.62 bits per heavy atom. The number of Topliss-reactive ketones (excluding diaryl/α,β-unsaturated/α-hetero) is 2. The molecule has 6 rings (SSSR count). The van der Waals surface area contributed by atoms with Crippen LogP contribution in [-0.2, 0) is 0 Å². The maximum Gasteiger partial charge on any atom is 0.335 e. The Bertz CT molecular complexity index is 1730. The molecule has 164 valence electrons. The number of furan rings is 1. The number of carbonyl (C=O) groups excluding carboxylic acids is 2. The van der Waals surface area contributed by atoms with Crippen LogP contribution in [0.2, 0.25) is 0 Å². The Labute approximate surface area is 193 Å². The minimum Gasteiger partial charge on any atom is -0.478 e. The molecule has 0 radical (unpaired) electrons. The molecule has 34 heavy (non-hydrogen) atoms. The van der Waals surface area contributed by atoms with Crippen molar-refractivity contribution in [2.45, 2.75) is 6.92 Å². The fourth-order valence-corrected chi connectivity index (χ4v) is 4.61. The molecule has 0 unspecified atom stereocenters. The number of benzene rings is 3. The lowest BCUT2D eigenvalue weighted by Gasteiger charge is -2.04. The number of fused-ring (bicyclic) bond motifs is 4. The second kappa shape index (κ2) is 7.15. The lowest BCUT2D eigenvalue weighted by atomic mass is 10.0. The number of hydrogen-bond donors (Lipinski definition) is 1. The summed E-state index contributed by atoms with van der Waals surface area (Å²) in [7, 11) is 0. The molecule has 0 amide bonds. The molecule has 1 aliphatic rings. The third-order valence-corrected chi connectivity index (χ3v) is 6.20. The van der Waals surface area contributed by atoms with Crippen LogP contribution in [0.3, 0.4) is 0 Å². The first-order chi connectivity index (χ1) is 16.4. The van der Waals surface area contributed by atoms with Gasteiger partial charge >= 0.3 is 5.97 Å². The van der Waals surface area contributed by atoms with E-state index in [4.69, 9.17) is 4.42 Å². The van der Waals surface area contributed by atoms with E-state index in [0.29, 0.717) is 11.4 Å². The fraction of sp³-hybridized carbons (Fsp3) is 0.0357. The molecule has 0 fully saturated rings. The van der Waals surface area contributed by atoms with Gasteiger partial charge in [-0.25, -0.2) is 4.79 Å². The van der Waals surface area contributed by atoms with Gasteiger partial charge in [0.15, 0.2) is 11.6 Å². The number of aromatic nitrogens is 1. The molecule has 0 saturated carbocycles. The minimum absolute atomic E-state index is 0.0245. The molecular weight excluding hydrogens is 430 g/mol. The molecule has 1 N–H and O–H groups in total. The second-order valence-electron chi connectivity index (χ2n) is 8.30. The van der Waals surface area contributed by atoms with E-state index in [1.54, 1.807) is 6.08 Å². The molecule has 5 aromatic rings. The van der Waals surface area contributed by atoms with Gasteiger partial charge in [0, 0.05) is 28.0 Å². The highest BCUT2D eigenvalue weighted by molar-refractivity contribution is 6.41. The van der Waals surface area contributed by atoms with Crippen LogP contribution in [0.15, 0.2) is 82.8 Å². The molecule has 6 heteroatoms. The fourth-order valence-electron chi connectivity index (χ4n) is 4.61. The predicted molar refractivity (Wildman–Crippen MR) is 128 cm³/mol. The molecule has 0 atom stereocenters. The van der Waals surface area contributed by atoms with E-state index in [1.807, 2.05) is 66.1 Å². The summed E-state index contributed by atoms with van der Waals surface area (Å²) in [6.45, 7) is 1.90. The largest absolute Gasteiger partial charge is 0.478 e. The van der Waals surface area contributed by atoms with Crippen molar-refractivity contribution in [2.75, 3.05) is 0 Å². The van der Waals surface area contributed by atoms with Gasteiger partial charge in [-0.1, -0.05) is 24.3 Å². The summed E-state index contributed by atoms with van der Waals surface area (Å²) < 4.78 is 7.94. The molecule has 6 nitrogen and oxygen atoms in total. The molecule has 1 aliphatic carbocycles. The van der Waals surface area contributed by atoms with E-state index in [-0.39, 0.29) is 22.3 Å². The van der Waals surface area contributed by atoms with Crippen molar-refractivity contribution in [3.8, 4) is 5.88 Å². The average molecular weight is 447 g/mol. The van der Waals surface area contributed by atoms with Crippen molar-refractivity contribution in [2.24, 2.45) is 0 Å². The second-order valence-corrected chi connectivity index (χ2v) is 8.30. The quantitative estimate of drug-likeness (QED) is 0.277. The zero-order valence-electron chi connectivity index (χ0n) is 18.0. The molecule has 2 aromatic heterocycles. The highest BCUT2D eigenvalue weighted by atomic mass is 16.4. The van der Waals surface area contributed by atoms with E-state index < -0.39 is 17.5 Å². The molecular formula is C28H17NO5. The number of allylic oxidation sites excluding steroid dienone is 1. The summed E-state index contributed by atoms with van der Waals surface area (Å²) in [6, 6.07) is 21.6. The van der Waals surface area contributed by atoms with Crippen molar-refractivity contribution in [3.63, 3.8) is 0 Å². The normalized spacial score (nSPS) is 14.4. The van der Waals surface area contributed by atoms with Crippen LogP contribution in [0.1, 0.15) is 42.4 Å². The first-order valence-electron chi connectivity index (χ1n) is 10.7. The van der Waals surface area contributed by atoms with Crippen molar-refractivity contribution in [1.29, 1.82) is 0 Å². The Hall–Kier alpha value is -4.71.